The molecule has 2 aromatic rings. The average molecular weight is 271 g/mol. The molecule has 0 aliphatic heterocycles. The molecule has 20 heavy (non-hydrogen) atoms. The Hall–Kier alpha value is -2.49. The lowest BCUT2D eigenvalue weighted by Gasteiger charge is -2.12. The molecule has 0 amide bonds. The number of carbonyl (C=O) groups is 1. The van der Waals surface area contributed by atoms with Gasteiger partial charge >= 0.3 is 5.97 Å². The fraction of sp³-hybridized carbons (Fsp3) is 0.188. The van der Waals surface area contributed by atoms with Crippen LogP contribution in [0.25, 0.3) is 0 Å². The van der Waals surface area contributed by atoms with Crippen LogP contribution in [0.4, 0.5) is 5.69 Å². The van der Waals surface area contributed by atoms with Crippen molar-refractivity contribution in [2.24, 2.45) is 0 Å². The fourth-order valence-corrected chi connectivity index (χ4v) is 1.91. The predicted molar refractivity (Wildman–Crippen MR) is 77.8 cm³/mol. The van der Waals surface area contributed by atoms with Gasteiger partial charge in [0.1, 0.15) is 11.3 Å². The highest BCUT2D eigenvalue weighted by atomic mass is 16.5. The second kappa shape index (κ2) is 6.61. The van der Waals surface area contributed by atoms with E-state index < -0.39 is 5.97 Å². The molecule has 2 N–H and O–H groups in total. The lowest BCUT2D eigenvalue weighted by molar-refractivity contribution is 0.0597. The minimum absolute atomic E-state index is 0.281. The van der Waals surface area contributed by atoms with E-state index in [4.69, 9.17) is 15.2 Å². The number of nitrogen functional groups attached to an aromatic ring is 1. The minimum Gasteiger partial charge on any atom is -0.492 e. The maximum Gasteiger partial charge on any atom is 0.343 e. The van der Waals surface area contributed by atoms with E-state index in [0.717, 1.165) is 6.42 Å². The highest BCUT2D eigenvalue weighted by molar-refractivity contribution is 5.98. The number of hydrogen-bond acceptors (Lipinski definition) is 4. The molecule has 0 spiro atoms. The molecule has 0 saturated heterocycles. The quantitative estimate of drug-likeness (QED) is 0.671. The van der Waals surface area contributed by atoms with Gasteiger partial charge in [-0.15, -0.1) is 0 Å². The van der Waals surface area contributed by atoms with Crippen molar-refractivity contribution in [2.45, 2.75) is 6.42 Å². The van der Waals surface area contributed by atoms with Crippen molar-refractivity contribution in [3.63, 3.8) is 0 Å². The fourth-order valence-electron chi connectivity index (χ4n) is 1.91. The first-order valence-electron chi connectivity index (χ1n) is 6.36. The first-order chi connectivity index (χ1) is 9.72. The Morgan fingerprint density at radius 2 is 1.85 bits per heavy atom. The zero-order chi connectivity index (χ0) is 14.4. The summed E-state index contributed by atoms with van der Waals surface area (Å²) in [5.74, 6) is -0.0365. The molecule has 0 bridgehead atoms. The molecular weight excluding hydrogens is 254 g/mol. The molecule has 2 rings (SSSR count). The normalized spacial score (nSPS) is 10.1. The van der Waals surface area contributed by atoms with E-state index in [1.165, 1.54) is 12.7 Å². The van der Waals surface area contributed by atoms with Crippen molar-refractivity contribution in [1.82, 2.24) is 0 Å². The van der Waals surface area contributed by atoms with Gasteiger partial charge in [-0.1, -0.05) is 36.4 Å². The number of anilines is 1. The third-order valence-corrected chi connectivity index (χ3v) is 2.94. The lowest BCUT2D eigenvalue weighted by Crippen LogP contribution is -2.10. The topological polar surface area (TPSA) is 61.5 Å². The van der Waals surface area contributed by atoms with Crippen LogP contribution in [-0.2, 0) is 11.2 Å². The van der Waals surface area contributed by atoms with E-state index in [-0.39, 0.29) is 5.56 Å². The van der Waals surface area contributed by atoms with Gasteiger partial charge in [0, 0.05) is 12.1 Å². The van der Waals surface area contributed by atoms with Gasteiger partial charge in [0.25, 0.3) is 0 Å². The number of methoxy groups -OCH3 is 1. The number of nitrogens with two attached hydrogens (primary N) is 1. The molecule has 0 heterocycles. The van der Waals surface area contributed by atoms with Crippen LogP contribution in [0, 0.1) is 0 Å². The summed E-state index contributed by atoms with van der Waals surface area (Å²) in [6.45, 7) is 0.470. The minimum atomic E-state index is -0.488. The Morgan fingerprint density at radius 3 is 2.55 bits per heavy atom. The van der Waals surface area contributed by atoms with E-state index in [1.54, 1.807) is 18.2 Å². The Labute approximate surface area is 118 Å². The summed E-state index contributed by atoms with van der Waals surface area (Å²) in [4.78, 5) is 11.7. The van der Waals surface area contributed by atoms with Gasteiger partial charge in [-0.2, -0.15) is 0 Å². The van der Waals surface area contributed by atoms with E-state index in [0.29, 0.717) is 18.0 Å². The second-order valence-corrected chi connectivity index (χ2v) is 4.30. The number of hydrogen-bond donors (Lipinski definition) is 1. The predicted octanol–water partition coefficient (Wildman–Crippen LogP) is 2.68. The second-order valence-electron chi connectivity index (χ2n) is 4.30. The molecule has 0 aliphatic carbocycles. The summed E-state index contributed by atoms with van der Waals surface area (Å²) in [5, 5.41) is 0. The average Bonchev–Trinajstić information content (AvgIpc) is 2.48. The van der Waals surface area contributed by atoms with Gasteiger partial charge in [0.05, 0.1) is 13.7 Å². The molecule has 104 valence electrons. The number of benzene rings is 2. The maximum absolute atomic E-state index is 11.7. The zero-order valence-electron chi connectivity index (χ0n) is 11.3. The number of ether oxygens (including phenoxy) is 2. The first-order valence-corrected chi connectivity index (χ1v) is 6.36. The van der Waals surface area contributed by atoms with Gasteiger partial charge in [0.15, 0.2) is 0 Å². The van der Waals surface area contributed by atoms with Crippen molar-refractivity contribution >= 4 is 11.7 Å². The highest BCUT2D eigenvalue weighted by Crippen LogP contribution is 2.25. The van der Waals surface area contributed by atoms with Crippen LogP contribution < -0.4 is 10.5 Å². The molecule has 0 atom stereocenters. The summed E-state index contributed by atoms with van der Waals surface area (Å²) in [5.41, 5.74) is 7.61. The van der Waals surface area contributed by atoms with Gasteiger partial charge in [-0.25, -0.2) is 4.79 Å². The summed E-state index contributed by atoms with van der Waals surface area (Å²) in [6, 6.07) is 15.1. The molecular formula is C16H17NO3. The molecule has 0 saturated carbocycles. The molecule has 0 aromatic heterocycles. The molecule has 0 radical (unpaired) electrons. The molecule has 0 fully saturated rings. The highest BCUT2D eigenvalue weighted by Gasteiger charge is 2.16. The van der Waals surface area contributed by atoms with E-state index in [2.05, 4.69) is 0 Å². The molecule has 4 nitrogen and oxygen atoms in total. The summed E-state index contributed by atoms with van der Waals surface area (Å²) in [7, 11) is 1.32. The standard InChI is InChI=1S/C16H17NO3/c1-19-16(18)15-13(17)8-5-9-14(15)20-11-10-12-6-3-2-4-7-12/h2-9H,10-11,17H2,1H3. The van der Waals surface area contributed by atoms with Gasteiger partial charge in [0.2, 0.25) is 0 Å². The van der Waals surface area contributed by atoms with E-state index in [9.17, 15) is 4.79 Å². The van der Waals surface area contributed by atoms with Gasteiger partial charge in [-0.05, 0) is 17.7 Å². The third kappa shape index (κ3) is 3.29. The maximum atomic E-state index is 11.7. The van der Waals surface area contributed by atoms with Gasteiger partial charge in [-0.3, -0.25) is 0 Å². The van der Waals surface area contributed by atoms with Crippen LogP contribution in [0.1, 0.15) is 15.9 Å². The van der Waals surface area contributed by atoms with E-state index in [1.807, 2.05) is 30.3 Å². The number of carbonyl (C=O) groups excluding carboxylic acids is 1. The summed E-state index contributed by atoms with van der Waals surface area (Å²) < 4.78 is 10.4. The first kappa shape index (κ1) is 13.9. The van der Waals surface area contributed by atoms with Crippen LogP contribution in [0.2, 0.25) is 0 Å². The van der Waals surface area contributed by atoms with Crippen LogP contribution in [0.3, 0.4) is 0 Å². The molecule has 0 unspecified atom stereocenters. The zero-order valence-corrected chi connectivity index (χ0v) is 11.3. The summed E-state index contributed by atoms with van der Waals surface area (Å²) >= 11 is 0. The van der Waals surface area contributed by atoms with Gasteiger partial charge < -0.3 is 15.2 Å². The van der Waals surface area contributed by atoms with Crippen molar-refractivity contribution in [1.29, 1.82) is 0 Å². The Balaban J connectivity index is 2.06. The molecule has 4 heteroatoms. The van der Waals surface area contributed by atoms with Crippen LogP contribution in [-0.4, -0.2) is 19.7 Å². The van der Waals surface area contributed by atoms with Crippen molar-refractivity contribution in [2.75, 3.05) is 19.5 Å². The van der Waals surface area contributed by atoms with Crippen molar-refractivity contribution in [3.05, 3.63) is 59.7 Å². The van der Waals surface area contributed by atoms with Crippen molar-refractivity contribution < 1.29 is 14.3 Å². The summed E-state index contributed by atoms with van der Waals surface area (Å²) in [6.07, 6.45) is 0.760. The van der Waals surface area contributed by atoms with Crippen molar-refractivity contribution in [3.8, 4) is 5.75 Å². The SMILES string of the molecule is COC(=O)c1c(N)cccc1OCCc1ccccc1. The molecule has 0 aliphatic rings. The van der Waals surface area contributed by atoms with E-state index >= 15 is 0 Å². The Bertz CT molecular complexity index is 582. The monoisotopic (exact) mass is 271 g/mol. The number of esters is 1. The lowest BCUT2D eigenvalue weighted by atomic mass is 10.1. The largest absolute Gasteiger partial charge is 0.492 e. The smallest absolute Gasteiger partial charge is 0.343 e. The van der Waals surface area contributed by atoms with Crippen LogP contribution >= 0.6 is 0 Å². The number of rotatable bonds is 5. The van der Waals surface area contributed by atoms with Crippen LogP contribution in [0.5, 0.6) is 5.75 Å². The Morgan fingerprint density at radius 1 is 1.10 bits per heavy atom. The van der Waals surface area contributed by atoms with Crippen LogP contribution in [0.15, 0.2) is 48.5 Å². The Kier molecular flexibility index (Phi) is 4.60. The molecule has 2 aromatic carbocycles. The third-order valence-electron chi connectivity index (χ3n) is 2.94.